The van der Waals surface area contributed by atoms with E-state index in [1.807, 2.05) is 18.2 Å². The predicted octanol–water partition coefficient (Wildman–Crippen LogP) is 1.93. The van der Waals surface area contributed by atoms with Gasteiger partial charge in [-0.15, -0.1) is 0 Å². The number of aliphatic hydroxyl groups is 1. The molecule has 0 saturated heterocycles. The SMILES string of the molecule is OC1CCc2c(Nc3ccc4c(c3)OCO4)ncnc21. The number of rotatable bonds is 2. The number of hydrogen-bond acceptors (Lipinski definition) is 6. The number of nitrogens with zero attached hydrogens (tertiary/aromatic N) is 2. The first kappa shape index (κ1) is 11.5. The number of nitrogens with one attached hydrogen (secondary N) is 1. The Morgan fingerprint density at radius 1 is 1.20 bits per heavy atom. The van der Waals surface area contributed by atoms with E-state index in [1.54, 1.807) is 0 Å². The Hall–Kier alpha value is -2.34. The Bertz CT molecular complexity index is 675. The average molecular weight is 271 g/mol. The van der Waals surface area contributed by atoms with Crippen LogP contribution in [0.4, 0.5) is 11.5 Å². The summed E-state index contributed by atoms with van der Waals surface area (Å²) in [6.45, 7) is 0.258. The van der Waals surface area contributed by atoms with Crippen molar-refractivity contribution in [3.63, 3.8) is 0 Å². The minimum Gasteiger partial charge on any atom is -0.454 e. The maximum absolute atomic E-state index is 9.84. The Morgan fingerprint density at radius 2 is 2.10 bits per heavy atom. The molecule has 0 radical (unpaired) electrons. The van der Waals surface area contributed by atoms with Gasteiger partial charge < -0.3 is 19.9 Å². The fraction of sp³-hybridized carbons (Fsp3) is 0.286. The quantitative estimate of drug-likeness (QED) is 0.869. The smallest absolute Gasteiger partial charge is 0.231 e. The third kappa shape index (κ3) is 1.77. The van der Waals surface area contributed by atoms with Crippen LogP contribution in [0.15, 0.2) is 24.5 Å². The summed E-state index contributed by atoms with van der Waals surface area (Å²) in [5.41, 5.74) is 2.58. The number of aliphatic hydroxyl groups excluding tert-OH is 1. The zero-order chi connectivity index (χ0) is 13.5. The molecule has 2 heterocycles. The summed E-state index contributed by atoms with van der Waals surface area (Å²) in [6.07, 6.45) is 2.47. The number of ether oxygens (including phenoxy) is 2. The lowest BCUT2D eigenvalue weighted by molar-refractivity contribution is 0.174. The van der Waals surface area contributed by atoms with Crippen LogP contribution >= 0.6 is 0 Å². The van der Waals surface area contributed by atoms with Crippen molar-refractivity contribution in [3.05, 3.63) is 35.8 Å². The second-order valence-corrected chi connectivity index (χ2v) is 4.83. The third-order valence-corrected chi connectivity index (χ3v) is 3.60. The minimum atomic E-state index is -0.481. The number of aromatic nitrogens is 2. The molecule has 4 rings (SSSR count). The summed E-state index contributed by atoms with van der Waals surface area (Å²) < 4.78 is 10.6. The first-order valence-corrected chi connectivity index (χ1v) is 6.50. The lowest BCUT2D eigenvalue weighted by Crippen LogP contribution is -2.02. The highest BCUT2D eigenvalue weighted by Crippen LogP contribution is 2.37. The van der Waals surface area contributed by atoms with Gasteiger partial charge >= 0.3 is 0 Å². The van der Waals surface area contributed by atoms with Crippen LogP contribution in [0.25, 0.3) is 0 Å². The summed E-state index contributed by atoms with van der Waals surface area (Å²) >= 11 is 0. The van der Waals surface area contributed by atoms with Crippen LogP contribution in [-0.2, 0) is 6.42 Å². The fourth-order valence-corrected chi connectivity index (χ4v) is 2.60. The van der Waals surface area contributed by atoms with Gasteiger partial charge in [-0.2, -0.15) is 0 Å². The normalized spacial score (nSPS) is 18.9. The molecule has 102 valence electrons. The first-order valence-electron chi connectivity index (χ1n) is 6.50. The largest absolute Gasteiger partial charge is 0.454 e. The van der Waals surface area contributed by atoms with E-state index in [-0.39, 0.29) is 6.79 Å². The van der Waals surface area contributed by atoms with Crippen LogP contribution in [-0.4, -0.2) is 21.9 Å². The standard InChI is InChI=1S/C14H13N3O3/c18-10-3-2-9-13(10)15-6-16-14(9)17-8-1-4-11-12(5-8)20-7-19-11/h1,4-6,10,18H,2-3,7H2,(H,15,16,17). The molecule has 1 aliphatic heterocycles. The Balaban J connectivity index is 1.67. The molecule has 2 N–H and O–H groups in total. The number of anilines is 2. The molecule has 0 spiro atoms. The van der Waals surface area contributed by atoms with Gasteiger partial charge in [0.2, 0.25) is 6.79 Å². The van der Waals surface area contributed by atoms with E-state index in [2.05, 4.69) is 15.3 Å². The van der Waals surface area contributed by atoms with Gasteiger partial charge in [-0.05, 0) is 25.0 Å². The van der Waals surface area contributed by atoms with Gasteiger partial charge in [0.1, 0.15) is 12.1 Å². The van der Waals surface area contributed by atoms with Crippen LogP contribution in [0, 0.1) is 0 Å². The molecule has 2 aliphatic rings. The third-order valence-electron chi connectivity index (χ3n) is 3.60. The van der Waals surface area contributed by atoms with Crippen LogP contribution < -0.4 is 14.8 Å². The fourth-order valence-electron chi connectivity index (χ4n) is 2.60. The number of hydrogen-bond donors (Lipinski definition) is 2. The molecule has 0 saturated carbocycles. The van der Waals surface area contributed by atoms with Crippen molar-refractivity contribution in [1.29, 1.82) is 0 Å². The van der Waals surface area contributed by atoms with Gasteiger partial charge in [0.15, 0.2) is 11.5 Å². The van der Waals surface area contributed by atoms with E-state index in [4.69, 9.17) is 9.47 Å². The molecular formula is C14H13N3O3. The molecule has 1 aromatic heterocycles. The zero-order valence-corrected chi connectivity index (χ0v) is 10.7. The second kappa shape index (κ2) is 4.35. The number of fused-ring (bicyclic) bond motifs is 2. The molecule has 1 unspecified atom stereocenters. The van der Waals surface area contributed by atoms with Crippen molar-refractivity contribution >= 4 is 11.5 Å². The Labute approximate surface area is 115 Å². The van der Waals surface area contributed by atoms with Gasteiger partial charge in [0, 0.05) is 17.3 Å². The Morgan fingerprint density at radius 3 is 3.05 bits per heavy atom. The number of benzene rings is 1. The first-order chi connectivity index (χ1) is 9.81. The highest BCUT2D eigenvalue weighted by molar-refractivity contribution is 5.64. The molecule has 1 aromatic carbocycles. The van der Waals surface area contributed by atoms with Crippen molar-refractivity contribution in [3.8, 4) is 11.5 Å². The molecule has 6 nitrogen and oxygen atoms in total. The molecule has 0 fully saturated rings. The van der Waals surface area contributed by atoms with Crippen LogP contribution in [0.2, 0.25) is 0 Å². The van der Waals surface area contributed by atoms with Gasteiger partial charge in [-0.1, -0.05) is 0 Å². The van der Waals surface area contributed by atoms with Crippen LogP contribution in [0.3, 0.4) is 0 Å². The van der Waals surface area contributed by atoms with E-state index in [0.717, 1.165) is 40.7 Å². The molecule has 2 aromatic rings. The molecule has 0 bridgehead atoms. The molecule has 1 aliphatic carbocycles. The Kier molecular flexibility index (Phi) is 2.50. The van der Waals surface area contributed by atoms with E-state index >= 15 is 0 Å². The average Bonchev–Trinajstić information content (AvgIpc) is 3.06. The molecule has 1 atom stereocenters. The maximum Gasteiger partial charge on any atom is 0.231 e. The van der Waals surface area contributed by atoms with Crippen molar-refractivity contribution in [1.82, 2.24) is 9.97 Å². The van der Waals surface area contributed by atoms with E-state index in [1.165, 1.54) is 6.33 Å². The highest BCUT2D eigenvalue weighted by atomic mass is 16.7. The van der Waals surface area contributed by atoms with Gasteiger partial charge in [0.05, 0.1) is 11.8 Å². The minimum absolute atomic E-state index is 0.258. The lowest BCUT2D eigenvalue weighted by atomic mass is 10.2. The van der Waals surface area contributed by atoms with Gasteiger partial charge in [-0.25, -0.2) is 9.97 Å². The van der Waals surface area contributed by atoms with Gasteiger partial charge in [-0.3, -0.25) is 0 Å². The van der Waals surface area contributed by atoms with Crippen LogP contribution in [0.5, 0.6) is 11.5 Å². The zero-order valence-electron chi connectivity index (χ0n) is 10.7. The van der Waals surface area contributed by atoms with Crippen molar-refractivity contribution in [2.24, 2.45) is 0 Å². The van der Waals surface area contributed by atoms with Crippen molar-refractivity contribution in [2.45, 2.75) is 18.9 Å². The van der Waals surface area contributed by atoms with E-state index < -0.39 is 6.10 Å². The summed E-state index contributed by atoms with van der Waals surface area (Å²) in [5, 5.41) is 13.1. The maximum atomic E-state index is 9.84. The molecule has 0 amide bonds. The summed E-state index contributed by atoms with van der Waals surface area (Å²) in [4.78, 5) is 8.42. The summed E-state index contributed by atoms with van der Waals surface area (Å²) in [7, 11) is 0. The van der Waals surface area contributed by atoms with E-state index in [0.29, 0.717) is 6.42 Å². The van der Waals surface area contributed by atoms with Crippen molar-refractivity contribution < 1.29 is 14.6 Å². The molecule has 6 heteroatoms. The van der Waals surface area contributed by atoms with Crippen molar-refractivity contribution in [2.75, 3.05) is 12.1 Å². The molecular weight excluding hydrogens is 258 g/mol. The topological polar surface area (TPSA) is 76.5 Å². The summed E-state index contributed by atoms with van der Waals surface area (Å²) in [5.74, 6) is 2.21. The predicted molar refractivity (Wildman–Crippen MR) is 71.2 cm³/mol. The summed E-state index contributed by atoms with van der Waals surface area (Å²) in [6, 6.07) is 5.65. The monoisotopic (exact) mass is 271 g/mol. The molecule has 20 heavy (non-hydrogen) atoms. The van der Waals surface area contributed by atoms with Crippen LogP contribution in [0.1, 0.15) is 23.8 Å². The van der Waals surface area contributed by atoms with E-state index in [9.17, 15) is 5.11 Å². The second-order valence-electron chi connectivity index (χ2n) is 4.83. The van der Waals surface area contributed by atoms with Gasteiger partial charge in [0.25, 0.3) is 0 Å². The lowest BCUT2D eigenvalue weighted by Gasteiger charge is -2.10. The highest BCUT2D eigenvalue weighted by Gasteiger charge is 2.25.